The number of methoxy groups -OCH3 is 1. The molecule has 25 heavy (non-hydrogen) atoms. The van der Waals surface area contributed by atoms with Crippen LogP contribution in [0.4, 0.5) is 5.82 Å². The third kappa shape index (κ3) is 2.85. The Morgan fingerprint density at radius 1 is 1.48 bits per heavy atom. The first-order chi connectivity index (χ1) is 12.2. The number of anilines is 1. The number of ether oxygens (including phenoxy) is 1. The summed E-state index contributed by atoms with van der Waals surface area (Å²) < 4.78 is 6.76. The van der Waals surface area contributed by atoms with Crippen LogP contribution in [0, 0.1) is 0 Å². The van der Waals surface area contributed by atoms with E-state index in [9.17, 15) is 4.79 Å². The van der Waals surface area contributed by atoms with Gasteiger partial charge in [-0.1, -0.05) is 0 Å². The number of nitrogens with two attached hydrogens (primary N) is 1. The summed E-state index contributed by atoms with van der Waals surface area (Å²) in [5.41, 5.74) is 7.16. The fourth-order valence-electron chi connectivity index (χ4n) is 3.19. The highest BCUT2D eigenvalue weighted by Crippen LogP contribution is 2.24. The number of thiazole rings is 1. The lowest BCUT2D eigenvalue weighted by Gasteiger charge is -2.24. The van der Waals surface area contributed by atoms with Crippen molar-refractivity contribution in [1.82, 2.24) is 24.5 Å². The standard InChI is InChI=1S/C16H18N6O2S/c1-24-9-11-3-2-5-21(11)16(23)10-7-12(17)22-13(8-10)19-14(20-22)15-18-4-6-25-15/h4,6-8,11H,2-3,5,9,17H2,1H3. The van der Waals surface area contributed by atoms with Crippen molar-refractivity contribution < 1.29 is 9.53 Å². The Morgan fingerprint density at radius 2 is 2.36 bits per heavy atom. The number of carbonyl (C=O) groups excluding carboxylic acids is 1. The van der Waals surface area contributed by atoms with Gasteiger partial charge in [-0.3, -0.25) is 4.79 Å². The van der Waals surface area contributed by atoms with Crippen molar-refractivity contribution in [3.63, 3.8) is 0 Å². The highest BCUT2D eigenvalue weighted by molar-refractivity contribution is 7.13. The Hall–Kier alpha value is -2.52. The number of rotatable bonds is 4. The summed E-state index contributed by atoms with van der Waals surface area (Å²) in [4.78, 5) is 23.4. The minimum absolute atomic E-state index is 0.0486. The minimum atomic E-state index is -0.0486. The Labute approximate surface area is 148 Å². The first kappa shape index (κ1) is 16.0. The normalized spacial score (nSPS) is 17.5. The molecule has 0 radical (unpaired) electrons. The maximum absolute atomic E-state index is 12.9. The number of pyridine rings is 1. The maximum atomic E-state index is 12.9. The fourth-order valence-corrected chi connectivity index (χ4v) is 3.76. The van der Waals surface area contributed by atoms with Gasteiger partial charge in [-0.25, -0.2) is 9.97 Å². The zero-order valence-corrected chi connectivity index (χ0v) is 14.6. The Morgan fingerprint density at radius 3 is 3.12 bits per heavy atom. The molecule has 1 fully saturated rings. The lowest BCUT2D eigenvalue weighted by atomic mass is 10.2. The van der Waals surface area contributed by atoms with E-state index in [1.165, 1.54) is 15.9 Å². The number of hydrogen-bond acceptors (Lipinski definition) is 7. The summed E-state index contributed by atoms with van der Waals surface area (Å²) >= 11 is 1.45. The number of carbonyl (C=O) groups is 1. The second kappa shape index (κ2) is 6.41. The van der Waals surface area contributed by atoms with Crippen LogP contribution in [0.2, 0.25) is 0 Å². The SMILES string of the molecule is COCC1CCCN1C(=O)c1cc(N)n2nc(-c3nccs3)nc2c1. The quantitative estimate of drug-likeness (QED) is 0.762. The molecule has 0 aliphatic carbocycles. The maximum Gasteiger partial charge on any atom is 0.254 e. The molecule has 9 heteroatoms. The van der Waals surface area contributed by atoms with E-state index in [0.29, 0.717) is 29.5 Å². The van der Waals surface area contributed by atoms with Crippen molar-refractivity contribution in [3.8, 4) is 10.8 Å². The number of nitrogen functional groups attached to an aromatic ring is 1. The van der Waals surface area contributed by atoms with E-state index < -0.39 is 0 Å². The third-order valence-electron chi connectivity index (χ3n) is 4.33. The average Bonchev–Trinajstić information content (AvgIpc) is 3.34. The number of aromatic nitrogens is 4. The summed E-state index contributed by atoms with van der Waals surface area (Å²) in [5.74, 6) is 0.830. The van der Waals surface area contributed by atoms with Gasteiger partial charge in [0.15, 0.2) is 10.7 Å². The van der Waals surface area contributed by atoms with Crippen molar-refractivity contribution in [3.05, 3.63) is 29.3 Å². The second-order valence-corrected chi connectivity index (χ2v) is 6.86. The Kier molecular flexibility index (Phi) is 4.10. The number of fused-ring (bicyclic) bond motifs is 1. The van der Waals surface area contributed by atoms with Crippen LogP contribution in [0.25, 0.3) is 16.5 Å². The molecule has 1 saturated heterocycles. The molecule has 1 amide bonds. The average molecular weight is 358 g/mol. The van der Waals surface area contributed by atoms with Crippen molar-refractivity contribution in [2.75, 3.05) is 26.0 Å². The molecule has 3 aromatic heterocycles. The zero-order chi connectivity index (χ0) is 17.4. The zero-order valence-electron chi connectivity index (χ0n) is 13.8. The highest BCUT2D eigenvalue weighted by atomic mass is 32.1. The predicted octanol–water partition coefficient (Wildman–Crippen LogP) is 1.69. The summed E-state index contributed by atoms with van der Waals surface area (Å²) in [6.07, 6.45) is 3.64. The molecule has 1 aliphatic rings. The van der Waals surface area contributed by atoms with Gasteiger partial charge in [0, 0.05) is 30.8 Å². The van der Waals surface area contributed by atoms with Crippen LogP contribution in [0.1, 0.15) is 23.2 Å². The number of nitrogens with zero attached hydrogens (tertiary/aromatic N) is 5. The van der Waals surface area contributed by atoms with Crippen LogP contribution < -0.4 is 5.73 Å². The van der Waals surface area contributed by atoms with Gasteiger partial charge in [0.25, 0.3) is 5.91 Å². The molecular formula is C16H18N6O2S. The smallest absolute Gasteiger partial charge is 0.254 e. The first-order valence-corrected chi connectivity index (χ1v) is 8.91. The molecule has 1 unspecified atom stereocenters. The van der Waals surface area contributed by atoms with Gasteiger partial charge < -0.3 is 15.4 Å². The predicted molar refractivity (Wildman–Crippen MR) is 94.4 cm³/mol. The van der Waals surface area contributed by atoms with E-state index in [0.717, 1.165) is 24.4 Å². The lowest BCUT2D eigenvalue weighted by molar-refractivity contribution is 0.0630. The van der Waals surface area contributed by atoms with Crippen molar-refractivity contribution in [2.24, 2.45) is 0 Å². The topological polar surface area (TPSA) is 98.6 Å². The van der Waals surface area contributed by atoms with Crippen LogP contribution in [0.5, 0.6) is 0 Å². The second-order valence-electron chi connectivity index (χ2n) is 5.96. The van der Waals surface area contributed by atoms with Crippen LogP contribution in [-0.2, 0) is 4.74 Å². The molecule has 0 aromatic carbocycles. The Bertz CT molecular complexity index is 907. The number of likely N-dealkylation sites (tertiary alicyclic amines) is 1. The Balaban J connectivity index is 1.69. The summed E-state index contributed by atoms with van der Waals surface area (Å²) in [6, 6.07) is 3.49. The van der Waals surface area contributed by atoms with Gasteiger partial charge in [-0.05, 0) is 25.0 Å². The van der Waals surface area contributed by atoms with Crippen LogP contribution in [-0.4, -0.2) is 56.7 Å². The highest BCUT2D eigenvalue weighted by Gasteiger charge is 2.30. The monoisotopic (exact) mass is 358 g/mol. The van der Waals surface area contributed by atoms with Crippen molar-refractivity contribution >= 4 is 28.7 Å². The van der Waals surface area contributed by atoms with Crippen LogP contribution in [0.3, 0.4) is 0 Å². The van der Waals surface area contributed by atoms with Crippen LogP contribution in [0.15, 0.2) is 23.7 Å². The molecule has 4 rings (SSSR count). The van der Waals surface area contributed by atoms with E-state index >= 15 is 0 Å². The molecule has 0 bridgehead atoms. The molecular weight excluding hydrogens is 340 g/mol. The molecule has 0 spiro atoms. The molecule has 8 nitrogen and oxygen atoms in total. The molecule has 4 heterocycles. The van der Waals surface area contributed by atoms with Gasteiger partial charge in [0.1, 0.15) is 5.82 Å². The van der Waals surface area contributed by atoms with Gasteiger partial charge in [0.2, 0.25) is 5.82 Å². The van der Waals surface area contributed by atoms with E-state index in [2.05, 4.69) is 15.1 Å². The van der Waals surface area contributed by atoms with Gasteiger partial charge >= 0.3 is 0 Å². The fraction of sp³-hybridized carbons (Fsp3) is 0.375. The van der Waals surface area contributed by atoms with Gasteiger partial charge in [-0.2, -0.15) is 4.52 Å². The summed E-state index contributed by atoms with van der Waals surface area (Å²) in [6.45, 7) is 1.28. The molecule has 1 aliphatic heterocycles. The summed E-state index contributed by atoms with van der Waals surface area (Å²) in [7, 11) is 1.65. The number of amides is 1. The van der Waals surface area contributed by atoms with E-state index in [1.54, 1.807) is 25.4 Å². The van der Waals surface area contributed by atoms with E-state index in [1.807, 2.05) is 10.3 Å². The molecule has 3 aromatic rings. The largest absolute Gasteiger partial charge is 0.384 e. The first-order valence-electron chi connectivity index (χ1n) is 8.03. The molecule has 130 valence electrons. The van der Waals surface area contributed by atoms with Crippen molar-refractivity contribution in [1.29, 1.82) is 0 Å². The third-order valence-corrected chi connectivity index (χ3v) is 5.10. The summed E-state index contributed by atoms with van der Waals surface area (Å²) in [5, 5.41) is 6.96. The van der Waals surface area contributed by atoms with Gasteiger partial charge in [-0.15, -0.1) is 16.4 Å². The van der Waals surface area contributed by atoms with E-state index in [4.69, 9.17) is 10.5 Å². The molecule has 2 N–H and O–H groups in total. The molecule has 1 atom stereocenters. The van der Waals surface area contributed by atoms with Crippen LogP contribution >= 0.6 is 11.3 Å². The minimum Gasteiger partial charge on any atom is -0.384 e. The molecule has 0 saturated carbocycles. The van der Waals surface area contributed by atoms with E-state index in [-0.39, 0.29) is 11.9 Å². The van der Waals surface area contributed by atoms with Gasteiger partial charge in [0.05, 0.1) is 12.6 Å². The number of hydrogen-bond donors (Lipinski definition) is 1. The van der Waals surface area contributed by atoms with Crippen molar-refractivity contribution in [2.45, 2.75) is 18.9 Å². The lowest BCUT2D eigenvalue weighted by Crippen LogP contribution is -2.38.